The van der Waals surface area contributed by atoms with Crippen molar-refractivity contribution in [3.8, 4) is 11.5 Å². The third kappa shape index (κ3) is 5.99. The summed E-state index contributed by atoms with van der Waals surface area (Å²) < 4.78 is 13.0. The zero-order valence-electron chi connectivity index (χ0n) is 15.9. The average Bonchev–Trinajstić information content (AvgIpc) is 3.10. The third-order valence-electron chi connectivity index (χ3n) is 4.64. The van der Waals surface area contributed by atoms with Gasteiger partial charge in [0.05, 0.1) is 13.2 Å². The molecule has 0 aliphatic carbocycles. The number of ether oxygens (including phenoxy) is 2. The summed E-state index contributed by atoms with van der Waals surface area (Å²) in [4.78, 5) is 16.8. The maximum absolute atomic E-state index is 12.5. The minimum atomic E-state index is 0.0396. The molecule has 0 saturated carbocycles. The molecule has 1 saturated heterocycles. The van der Waals surface area contributed by atoms with Crippen molar-refractivity contribution in [2.24, 2.45) is 0 Å². The van der Waals surface area contributed by atoms with Crippen molar-refractivity contribution in [1.29, 1.82) is 0 Å². The Hall–Kier alpha value is -2.54. The fraction of sp³-hybridized carbons (Fsp3) is 0.500. The molecule has 0 unspecified atom stereocenters. The van der Waals surface area contributed by atoms with Crippen LogP contribution in [0.4, 0.5) is 0 Å². The highest BCUT2D eigenvalue weighted by Gasteiger charge is 2.19. The summed E-state index contributed by atoms with van der Waals surface area (Å²) in [6.07, 6.45) is 4.76. The monoisotopic (exact) mass is 372 g/mol. The van der Waals surface area contributed by atoms with Crippen LogP contribution >= 0.6 is 0 Å². The van der Waals surface area contributed by atoms with Crippen molar-refractivity contribution in [3.05, 3.63) is 42.7 Å². The van der Waals surface area contributed by atoms with Gasteiger partial charge >= 0.3 is 0 Å². The Morgan fingerprint density at radius 1 is 1.04 bits per heavy atom. The summed E-state index contributed by atoms with van der Waals surface area (Å²) in [6.45, 7) is 7.89. The molecule has 3 rings (SSSR count). The van der Waals surface area contributed by atoms with Crippen molar-refractivity contribution < 1.29 is 14.3 Å². The van der Waals surface area contributed by atoms with Crippen LogP contribution in [0, 0.1) is 0 Å². The fourth-order valence-corrected chi connectivity index (χ4v) is 3.16. The molecule has 2 heterocycles. The minimum Gasteiger partial charge on any atom is -0.494 e. The van der Waals surface area contributed by atoms with E-state index in [9.17, 15) is 4.79 Å². The Kier molecular flexibility index (Phi) is 7.10. The first kappa shape index (κ1) is 19.2. The topological polar surface area (TPSA) is 59.8 Å². The third-order valence-corrected chi connectivity index (χ3v) is 4.64. The lowest BCUT2D eigenvalue weighted by Crippen LogP contribution is -2.38. The van der Waals surface area contributed by atoms with Crippen molar-refractivity contribution in [1.82, 2.24) is 19.6 Å². The zero-order chi connectivity index (χ0) is 18.9. The van der Waals surface area contributed by atoms with Gasteiger partial charge < -0.3 is 14.4 Å². The van der Waals surface area contributed by atoms with E-state index in [1.807, 2.05) is 53.0 Å². The Bertz CT molecular complexity index is 688. The lowest BCUT2D eigenvalue weighted by atomic mass is 10.3. The summed E-state index contributed by atoms with van der Waals surface area (Å²) in [7, 11) is 0. The smallest absolute Gasteiger partial charge is 0.260 e. The molecule has 7 nitrogen and oxygen atoms in total. The quantitative estimate of drug-likeness (QED) is 0.708. The van der Waals surface area contributed by atoms with Crippen LogP contribution in [-0.4, -0.2) is 71.4 Å². The molecule has 2 aromatic rings. The van der Waals surface area contributed by atoms with Crippen LogP contribution in [0.1, 0.15) is 13.3 Å². The second-order valence-corrected chi connectivity index (χ2v) is 6.54. The van der Waals surface area contributed by atoms with E-state index in [2.05, 4.69) is 10.00 Å². The Balaban J connectivity index is 1.40. The molecule has 146 valence electrons. The van der Waals surface area contributed by atoms with Crippen LogP contribution in [0.25, 0.3) is 0 Å². The highest BCUT2D eigenvalue weighted by Crippen LogP contribution is 2.17. The molecule has 7 heteroatoms. The molecule has 0 atom stereocenters. The van der Waals surface area contributed by atoms with Crippen LogP contribution in [0.2, 0.25) is 0 Å². The minimum absolute atomic E-state index is 0.0396. The molecule has 1 aromatic heterocycles. The van der Waals surface area contributed by atoms with Gasteiger partial charge in [0.15, 0.2) is 6.61 Å². The first-order valence-corrected chi connectivity index (χ1v) is 9.58. The van der Waals surface area contributed by atoms with Gasteiger partial charge in [0.1, 0.15) is 11.5 Å². The van der Waals surface area contributed by atoms with E-state index >= 15 is 0 Å². The normalized spacial score (nSPS) is 15.4. The molecule has 27 heavy (non-hydrogen) atoms. The van der Waals surface area contributed by atoms with Gasteiger partial charge in [-0.25, -0.2) is 0 Å². The van der Waals surface area contributed by atoms with Gasteiger partial charge in [0.2, 0.25) is 0 Å². The van der Waals surface area contributed by atoms with Crippen molar-refractivity contribution >= 4 is 5.91 Å². The first-order valence-electron chi connectivity index (χ1n) is 9.58. The molecule has 0 bridgehead atoms. The molecule has 1 amide bonds. The molecular formula is C20H28N4O3. The maximum atomic E-state index is 12.5. The molecule has 1 aliphatic rings. The Labute approximate surface area is 160 Å². The van der Waals surface area contributed by atoms with E-state index in [1.54, 1.807) is 6.20 Å². The van der Waals surface area contributed by atoms with E-state index in [1.165, 1.54) is 0 Å². The number of carbonyl (C=O) groups excluding carboxylic acids is 1. The van der Waals surface area contributed by atoms with Gasteiger partial charge in [-0.15, -0.1) is 0 Å². The second kappa shape index (κ2) is 9.97. The number of hydrogen-bond donors (Lipinski definition) is 0. The molecule has 0 spiro atoms. The zero-order valence-corrected chi connectivity index (χ0v) is 15.9. The van der Waals surface area contributed by atoms with Gasteiger partial charge in [-0.2, -0.15) is 5.10 Å². The highest BCUT2D eigenvalue weighted by molar-refractivity contribution is 5.77. The molecule has 1 aromatic carbocycles. The number of benzene rings is 1. The fourth-order valence-electron chi connectivity index (χ4n) is 3.16. The van der Waals surface area contributed by atoms with Crippen LogP contribution < -0.4 is 9.47 Å². The van der Waals surface area contributed by atoms with E-state index in [4.69, 9.17) is 9.47 Å². The number of rotatable bonds is 8. The van der Waals surface area contributed by atoms with Crippen LogP contribution in [-0.2, 0) is 11.3 Å². The van der Waals surface area contributed by atoms with E-state index < -0.39 is 0 Å². The maximum Gasteiger partial charge on any atom is 0.260 e. The van der Waals surface area contributed by atoms with Gasteiger partial charge in [-0.1, -0.05) is 0 Å². The van der Waals surface area contributed by atoms with Gasteiger partial charge in [0.25, 0.3) is 5.91 Å². The van der Waals surface area contributed by atoms with Gasteiger partial charge in [0, 0.05) is 38.6 Å². The van der Waals surface area contributed by atoms with Gasteiger partial charge in [-0.05, 0) is 50.2 Å². The molecule has 1 aliphatic heterocycles. The predicted octanol–water partition coefficient (Wildman–Crippen LogP) is 1.90. The number of nitrogens with zero attached hydrogens (tertiary/aromatic N) is 4. The number of carbonyl (C=O) groups is 1. The molecular weight excluding hydrogens is 344 g/mol. The number of amides is 1. The summed E-state index contributed by atoms with van der Waals surface area (Å²) in [5.74, 6) is 1.53. The SMILES string of the molecule is CCOc1ccc(OCC(=O)N2CCCN(CCn3cccn3)CC2)cc1. The van der Waals surface area contributed by atoms with E-state index in [-0.39, 0.29) is 12.5 Å². The first-order chi connectivity index (χ1) is 13.2. The molecule has 1 fully saturated rings. The second-order valence-electron chi connectivity index (χ2n) is 6.54. The molecule has 0 N–H and O–H groups in total. The summed E-state index contributed by atoms with van der Waals surface area (Å²) in [6, 6.07) is 9.31. The predicted molar refractivity (Wildman–Crippen MR) is 103 cm³/mol. The standard InChI is InChI=1S/C20H28N4O3/c1-2-26-18-5-7-19(8-6-18)27-17-20(25)23-11-4-10-22(13-15-23)14-16-24-12-3-9-21-24/h3,5-9,12H,2,4,10-11,13-17H2,1H3. The van der Waals surface area contributed by atoms with Gasteiger partial charge in [-0.3, -0.25) is 14.4 Å². The van der Waals surface area contributed by atoms with Crippen LogP contribution in [0.3, 0.4) is 0 Å². The Morgan fingerprint density at radius 3 is 2.52 bits per heavy atom. The Morgan fingerprint density at radius 2 is 1.81 bits per heavy atom. The largest absolute Gasteiger partial charge is 0.494 e. The van der Waals surface area contributed by atoms with E-state index in [0.29, 0.717) is 12.4 Å². The highest BCUT2D eigenvalue weighted by atomic mass is 16.5. The lowest BCUT2D eigenvalue weighted by Gasteiger charge is -2.22. The van der Waals surface area contributed by atoms with Crippen molar-refractivity contribution in [3.63, 3.8) is 0 Å². The van der Waals surface area contributed by atoms with Crippen LogP contribution in [0.15, 0.2) is 42.7 Å². The summed E-state index contributed by atoms with van der Waals surface area (Å²) >= 11 is 0. The average molecular weight is 372 g/mol. The number of hydrogen-bond acceptors (Lipinski definition) is 5. The summed E-state index contributed by atoms with van der Waals surface area (Å²) in [5, 5.41) is 4.24. The number of aromatic nitrogens is 2. The van der Waals surface area contributed by atoms with Crippen molar-refractivity contribution in [2.75, 3.05) is 45.9 Å². The van der Waals surface area contributed by atoms with Crippen molar-refractivity contribution in [2.45, 2.75) is 19.9 Å². The molecule has 0 radical (unpaired) electrons. The summed E-state index contributed by atoms with van der Waals surface area (Å²) in [5.41, 5.74) is 0. The lowest BCUT2D eigenvalue weighted by molar-refractivity contribution is -0.133. The van der Waals surface area contributed by atoms with Crippen LogP contribution in [0.5, 0.6) is 11.5 Å². The van der Waals surface area contributed by atoms with E-state index in [0.717, 1.165) is 51.4 Å².